The first kappa shape index (κ1) is 11.8. The van der Waals surface area contributed by atoms with E-state index in [4.69, 9.17) is 0 Å². The van der Waals surface area contributed by atoms with E-state index >= 15 is 0 Å². The van der Waals surface area contributed by atoms with Crippen molar-refractivity contribution in [3.8, 4) is 0 Å². The van der Waals surface area contributed by atoms with E-state index in [1.165, 1.54) is 4.90 Å². The van der Waals surface area contributed by atoms with E-state index in [0.29, 0.717) is 13.1 Å². The van der Waals surface area contributed by atoms with Gasteiger partial charge in [0, 0.05) is 19.3 Å². The number of rotatable bonds is 1. The minimum absolute atomic E-state index is 0.0475. The van der Waals surface area contributed by atoms with Crippen molar-refractivity contribution in [3.05, 3.63) is 23.9 Å². The summed E-state index contributed by atoms with van der Waals surface area (Å²) in [6.07, 6.45) is -3.36. The Bertz CT molecular complexity index is 433. The number of piperazine rings is 1. The van der Waals surface area contributed by atoms with Crippen LogP contribution < -0.4 is 10.2 Å². The highest BCUT2D eigenvalue weighted by Crippen LogP contribution is 2.30. The first-order valence-electron chi connectivity index (χ1n) is 5.03. The number of nitrogens with one attached hydrogen (secondary N) is 1. The summed E-state index contributed by atoms with van der Waals surface area (Å²) in [5, 5.41) is 2.84. The Hall–Kier alpha value is -1.63. The number of halogens is 3. The summed E-state index contributed by atoms with van der Waals surface area (Å²) in [7, 11) is 0. The number of amides is 1. The van der Waals surface area contributed by atoms with Crippen LogP contribution >= 0.6 is 0 Å². The number of nitrogens with zero attached hydrogens (tertiary/aromatic N) is 2. The maximum absolute atomic E-state index is 12.5. The number of hydrogen-bond donors (Lipinski definition) is 1. The highest BCUT2D eigenvalue weighted by molar-refractivity contribution is 5.94. The molecule has 17 heavy (non-hydrogen) atoms. The van der Waals surface area contributed by atoms with Crippen molar-refractivity contribution in [2.75, 3.05) is 24.5 Å². The van der Waals surface area contributed by atoms with Crippen molar-refractivity contribution in [1.82, 2.24) is 10.3 Å². The van der Waals surface area contributed by atoms with Gasteiger partial charge in [0.15, 0.2) is 0 Å². The molecule has 0 radical (unpaired) electrons. The van der Waals surface area contributed by atoms with Crippen LogP contribution in [0.2, 0.25) is 0 Å². The van der Waals surface area contributed by atoms with Gasteiger partial charge in [-0.05, 0) is 12.1 Å². The van der Waals surface area contributed by atoms with Crippen molar-refractivity contribution >= 4 is 11.7 Å². The molecule has 0 saturated carbocycles. The molecule has 0 bridgehead atoms. The number of aromatic nitrogens is 1. The zero-order valence-corrected chi connectivity index (χ0v) is 8.79. The molecule has 4 nitrogen and oxygen atoms in total. The van der Waals surface area contributed by atoms with Gasteiger partial charge in [0.05, 0.1) is 12.1 Å². The quantitative estimate of drug-likeness (QED) is 0.804. The summed E-state index contributed by atoms with van der Waals surface area (Å²) >= 11 is 0. The molecular weight excluding hydrogens is 235 g/mol. The summed E-state index contributed by atoms with van der Waals surface area (Å²) in [5.74, 6) is -0.227. The van der Waals surface area contributed by atoms with Crippen LogP contribution in [0.25, 0.3) is 0 Å². The van der Waals surface area contributed by atoms with Gasteiger partial charge in [0.25, 0.3) is 0 Å². The minimum atomic E-state index is -4.42. The van der Waals surface area contributed by atoms with Crippen LogP contribution in [0.5, 0.6) is 0 Å². The lowest BCUT2D eigenvalue weighted by Crippen LogP contribution is -2.48. The van der Waals surface area contributed by atoms with E-state index in [9.17, 15) is 18.0 Å². The summed E-state index contributed by atoms with van der Waals surface area (Å²) in [5.41, 5.74) is -0.797. The molecule has 0 unspecified atom stereocenters. The van der Waals surface area contributed by atoms with Crippen LogP contribution in [0, 0.1) is 0 Å². The number of pyridine rings is 1. The van der Waals surface area contributed by atoms with Gasteiger partial charge in [-0.3, -0.25) is 9.69 Å². The molecule has 1 aliphatic heterocycles. The average molecular weight is 245 g/mol. The molecule has 1 aliphatic rings. The Balaban J connectivity index is 2.29. The SMILES string of the molecule is O=C1CNCCN1c1cc(C(F)(F)F)ccn1. The zero-order chi connectivity index (χ0) is 12.5. The smallest absolute Gasteiger partial charge is 0.307 e. The van der Waals surface area contributed by atoms with Crippen LogP contribution in [0.4, 0.5) is 19.0 Å². The topological polar surface area (TPSA) is 45.2 Å². The second-order valence-corrected chi connectivity index (χ2v) is 3.62. The van der Waals surface area contributed by atoms with Gasteiger partial charge in [-0.1, -0.05) is 0 Å². The van der Waals surface area contributed by atoms with E-state index in [2.05, 4.69) is 10.3 Å². The van der Waals surface area contributed by atoms with Crippen LogP contribution in [0.3, 0.4) is 0 Å². The molecule has 0 aliphatic carbocycles. The molecule has 0 aromatic carbocycles. The Morgan fingerprint density at radius 1 is 1.41 bits per heavy atom. The first-order chi connectivity index (χ1) is 7.98. The molecule has 1 aromatic heterocycles. The maximum Gasteiger partial charge on any atom is 0.416 e. The largest absolute Gasteiger partial charge is 0.416 e. The van der Waals surface area contributed by atoms with Gasteiger partial charge >= 0.3 is 6.18 Å². The van der Waals surface area contributed by atoms with Crippen molar-refractivity contribution in [2.45, 2.75) is 6.18 Å². The molecule has 1 N–H and O–H groups in total. The van der Waals surface area contributed by atoms with Gasteiger partial charge in [-0.15, -0.1) is 0 Å². The number of alkyl halides is 3. The average Bonchev–Trinajstić information content (AvgIpc) is 2.29. The number of hydrogen-bond acceptors (Lipinski definition) is 3. The van der Waals surface area contributed by atoms with Crippen LogP contribution in [0.1, 0.15) is 5.56 Å². The van der Waals surface area contributed by atoms with E-state index < -0.39 is 11.7 Å². The van der Waals surface area contributed by atoms with E-state index in [0.717, 1.165) is 18.3 Å². The number of carbonyl (C=O) groups is 1. The zero-order valence-electron chi connectivity index (χ0n) is 8.79. The highest BCUT2D eigenvalue weighted by Gasteiger charge is 2.32. The molecule has 1 amide bonds. The Morgan fingerprint density at radius 2 is 2.18 bits per heavy atom. The van der Waals surface area contributed by atoms with Gasteiger partial charge in [-0.25, -0.2) is 4.98 Å². The first-order valence-corrected chi connectivity index (χ1v) is 5.03. The number of anilines is 1. The van der Waals surface area contributed by atoms with Crippen molar-refractivity contribution < 1.29 is 18.0 Å². The lowest BCUT2D eigenvalue weighted by molar-refractivity contribution is -0.137. The second-order valence-electron chi connectivity index (χ2n) is 3.62. The fourth-order valence-corrected chi connectivity index (χ4v) is 1.59. The van der Waals surface area contributed by atoms with Crippen molar-refractivity contribution in [3.63, 3.8) is 0 Å². The van der Waals surface area contributed by atoms with Gasteiger partial charge in [-0.2, -0.15) is 13.2 Å². The Labute approximate surface area is 95.4 Å². The normalized spacial score (nSPS) is 17.4. The maximum atomic E-state index is 12.5. The summed E-state index contributed by atoms with van der Waals surface area (Å²) in [4.78, 5) is 16.6. The lowest BCUT2D eigenvalue weighted by atomic mass is 10.2. The second kappa shape index (κ2) is 4.33. The van der Waals surface area contributed by atoms with Gasteiger partial charge in [0.1, 0.15) is 5.82 Å². The Kier molecular flexibility index (Phi) is 3.01. The van der Waals surface area contributed by atoms with E-state index in [1.807, 2.05) is 0 Å². The fourth-order valence-electron chi connectivity index (χ4n) is 1.59. The molecule has 92 valence electrons. The molecule has 0 atom stereocenters. The molecular formula is C10H10F3N3O. The van der Waals surface area contributed by atoms with Gasteiger partial charge < -0.3 is 5.32 Å². The van der Waals surface area contributed by atoms with Crippen LogP contribution in [-0.2, 0) is 11.0 Å². The summed E-state index contributed by atoms with van der Waals surface area (Å²) in [6, 6.07) is 1.78. The molecule has 0 spiro atoms. The van der Waals surface area contributed by atoms with Crippen LogP contribution in [0.15, 0.2) is 18.3 Å². The fraction of sp³-hybridized carbons (Fsp3) is 0.400. The highest BCUT2D eigenvalue weighted by atomic mass is 19.4. The number of carbonyl (C=O) groups excluding carboxylic acids is 1. The lowest BCUT2D eigenvalue weighted by Gasteiger charge is -2.26. The van der Waals surface area contributed by atoms with Crippen molar-refractivity contribution in [2.24, 2.45) is 0 Å². The molecule has 1 aromatic rings. The molecule has 1 fully saturated rings. The monoisotopic (exact) mass is 245 g/mol. The third-order valence-electron chi connectivity index (χ3n) is 2.44. The molecule has 2 rings (SSSR count). The molecule has 2 heterocycles. The standard InChI is InChI=1S/C10H10F3N3O/c11-10(12,13)7-1-2-15-8(5-7)16-4-3-14-6-9(16)17/h1-2,5,14H,3-4,6H2. The molecule has 1 saturated heterocycles. The van der Waals surface area contributed by atoms with Gasteiger partial charge in [0.2, 0.25) is 5.91 Å². The van der Waals surface area contributed by atoms with Crippen molar-refractivity contribution in [1.29, 1.82) is 0 Å². The predicted molar refractivity (Wildman–Crippen MR) is 54.5 cm³/mol. The summed E-state index contributed by atoms with van der Waals surface area (Å²) < 4.78 is 37.5. The van der Waals surface area contributed by atoms with E-state index in [-0.39, 0.29) is 18.3 Å². The van der Waals surface area contributed by atoms with E-state index in [1.54, 1.807) is 0 Å². The van der Waals surface area contributed by atoms with Crippen LogP contribution in [-0.4, -0.2) is 30.5 Å². The minimum Gasteiger partial charge on any atom is -0.307 e. The Morgan fingerprint density at radius 3 is 2.82 bits per heavy atom. The third kappa shape index (κ3) is 2.55. The molecule has 7 heteroatoms. The summed E-state index contributed by atoms with van der Waals surface area (Å²) in [6.45, 7) is 0.995. The predicted octanol–water partition coefficient (Wildman–Crippen LogP) is 1.04. The third-order valence-corrected chi connectivity index (χ3v) is 2.44.